The van der Waals surface area contributed by atoms with E-state index in [0.29, 0.717) is 12.8 Å². The highest BCUT2D eigenvalue weighted by Gasteiger charge is 2.27. The van der Waals surface area contributed by atoms with E-state index in [1.807, 2.05) is 0 Å². The van der Waals surface area contributed by atoms with Gasteiger partial charge in [0.15, 0.2) is 0 Å². The molecule has 0 aromatic carbocycles. The van der Waals surface area contributed by atoms with E-state index in [1.54, 1.807) is 6.08 Å². The van der Waals surface area contributed by atoms with Crippen LogP contribution in [0, 0.1) is 0 Å². The third-order valence-corrected chi connectivity index (χ3v) is 11.1. The zero-order chi connectivity index (χ0) is 40.5. The van der Waals surface area contributed by atoms with Crippen molar-refractivity contribution in [2.45, 2.75) is 238 Å². The molecule has 55 heavy (non-hydrogen) atoms. The zero-order valence-electron chi connectivity index (χ0n) is 35.7. The molecule has 0 aliphatic rings. The molecule has 4 N–H and O–H groups in total. The van der Waals surface area contributed by atoms with Crippen LogP contribution in [-0.4, -0.2) is 53.1 Å². The summed E-state index contributed by atoms with van der Waals surface area (Å²) in [4.78, 5) is 12.6. The Morgan fingerprint density at radius 1 is 0.491 bits per heavy atom. The van der Waals surface area contributed by atoms with Crippen molar-refractivity contribution in [3.05, 3.63) is 48.6 Å². The molecule has 0 bridgehead atoms. The summed E-state index contributed by atoms with van der Waals surface area (Å²) in [6.45, 7) is 4.51. The van der Waals surface area contributed by atoms with E-state index in [9.17, 15) is 28.0 Å². The molecule has 1 amide bonds. The van der Waals surface area contributed by atoms with Crippen LogP contribution in [0.4, 0.5) is 0 Å². The van der Waals surface area contributed by atoms with E-state index in [2.05, 4.69) is 55.6 Å². The number of carbonyl (C=O) groups excluding carboxylic acids is 1. The molecule has 8 heteroatoms. The first-order valence-corrected chi connectivity index (χ1v) is 24.6. The van der Waals surface area contributed by atoms with E-state index >= 15 is 0 Å². The van der Waals surface area contributed by atoms with Gasteiger partial charge in [0.05, 0.1) is 17.9 Å². The Labute approximate surface area is 340 Å². The molecule has 0 aliphatic heterocycles. The van der Waals surface area contributed by atoms with Crippen molar-refractivity contribution in [2.24, 2.45) is 0 Å². The molecule has 322 valence electrons. The molecule has 0 fully saturated rings. The molecular weight excluding hydrogens is 707 g/mol. The molecule has 0 saturated carbocycles. The smallest absolute Gasteiger partial charge is 0.267 e. The summed E-state index contributed by atoms with van der Waals surface area (Å²) in [7, 11) is -4.46. The molecule has 0 heterocycles. The van der Waals surface area contributed by atoms with Crippen molar-refractivity contribution in [3.63, 3.8) is 0 Å². The van der Waals surface area contributed by atoms with Gasteiger partial charge in [-0.25, -0.2) is 0 Å². The lowest BCUT2D eigenvalue weighted by molar-refractivity contribution is -0.130. The summed E-state index contributed by atoms with van der Waals surface area (Å²) in [6.07, 6.45) is 51.7. The highest BCUT2D eigenvalue weighted by Crippen LogP contribution is 2.14. The van der Waals surface area contributed by atoms with Crippen LogP contribution in [0.5, 0.6) is 0 Å². The van der Waals surface area contributed by atoms with E-state index in [1.165, 1.54) is 141 Å². The number of hydrogen-bond donors (Lipinski definition) is 4. The van der Waals surface area contributed by atoms with Crippen molar-refractivity contribution in [2.75, 3.05) is 5.75 Å². The Balaban J connectivity index is 4.01. The molecule has 0 saturated heterocycles. The van der Waals surface area contributed by atoms with E-state index in [4.69, 9.17) is 0 Å². The average Bonchev–Trinajstić information content (AvgIpc) is 3.15. The molecule has 0 rings (SSSR count). The van der Waals surface area contributed by atoms with Crippen LogP contribution < -0.4 is 5.32 Å². The van der Waals surface area contributed by atoms with Crippen LogP contribution in [-0.2, 0) is 14.9 Å². The third kappa shape index (κ3) is 40.3. The summed E-state index contributed by atoms with van der Waals surface area (Å²) >= 11 is 0. The van der Waals surface area contributed by atoms with Gasteiger partial charge in [-0.3, -0.25) is 9.35 Å². The van der Waals surface area contributed by atoms with Gasteiger partial charge >= 0.3 is 0 Å². The number of amides is 1. The molecular formula is C47H87NO6S. The Morgan fingerprint density at radius 2 is 0.818 bits per heavy atom. The van der Waals surface area contributed by atoms with Crippen LogP contribution in [0.2, 0.25) is 0 Å². The van der Waals surface area contributed by atoms with Gasteiger partial charge in [-0.1, -0.05) is 197 Å². The summed E-state index contributed by atoms with van der Waals surface area (Å²) < 4.78 is 32.6. The Morgan fingerprint density at radius 3 is 1.20 bits per heavy atom. The van der Waals surface area contributed by atoms with Crippen LogP contribution in [0.3, 0.4) is 0 Å². The largest absolute Gasteiger partial charge is 0.387 e. The molecule has 3 unspecified atom stereocenters. The first kappa shape index (κ1) is 53.3. The van der Waals surface area contributed by atoms with E-state index in [-0.39, 0.29) is 6.42 Å². The number of rotatable bonds is 41. The van der Waals surface area contributed by atoms with Gasteiger partial charge < -0.3 is 15.5 Å². The lowest BCUT2D eigenvalue weighted by Gasteiger charge is -2.22. The van der Waals surface area contributed by atoms with Crippen molar-refractivity contribution < 1.29 is 28.0 Å². The lowest BCUT2D eigenvalue weighted by Crippen LogP contribution is -2.50. The molecule has 3 atom stereocenters. The van der Waals surface area contributed by atoms with Gasteiger partial charge in [-0.05, 0) is 70.6 Å². The zero-order valence-corrected chi connectivity index (χ0v) is 36.5. The second-order valence-electron chi connectivity index (χ2n) is 15.8. The Hall–Kier alpha value is -1.74. The van der Waals surface area contributed by atoms with Gasteiger partial charge in [0, 0.05) is 0 Å². The number of hydrogen-bond acceptors (Lipinski definition) is 5. The summed E-state index contributed by atoms with van der Waals surface area (Å²) in [5.41, 5.74) is 0. The van der Waals surface area contributed by atoms with Crippen molar-refractivity contribution in [1.29, 1.82) is 0 Å². The monoisotopic (exact) mass is 794 g/mol. The first-order chi connectivity index (χ1) is 26.7. The SMILES string of the molecule is CCCCCCCC/C=C/CC/C=C/CC/C=C/C(O)C(CS(=O)(=O)O)NC(=O)C(O)CCCCCCCC/C=C\CCCCCCCCCCCCCC. The fraction of sp³-hybridized carbons (Fsp3) is 0.809. The van der Waals surface area contributed by atoms with Crippen LogP contribution in [0.1, 0.15) is 219 Å². The molecule has 0 spiro atoms. The minimum Gasteiger partial charge on any atom is -0.387 e. The highest BCUT2D eigenvalue weighted by atomic mass is 32.2. The second kappa shape index (κ2) is 40.5. The minimum absolute atomic E-state index is 0.263. The molecule has 7 nitrogen and oxygen atoms in total. The van der Waals surface area contributed by atoms with Crippen molar-refractivity contribution >= 4 is 16.0 Å². The minimum atomic E-state index is -4.46. The van der Waals surface area contributed by atoms with Crippen molar-refractivity contribution in [3.8, 4) is 0 Å². The number of carbonyl (C=O) groups is 1. The number of aliphatic hydroxyl groups excluding tert-OH is 2. The third-order valence-electron chi connectivity index (χ3n) is 10.3. The van der Waals surface area contributed by atoms with Crippen LogP contribution in [0.25, 0.3) is 0 Å². The number of aliphatic hydroxyl groups is 2. The molecule has 0 aromatic heterocycles. The Bertz CT molecular complexity index is 1070. The fourth-order valence-corrected chi connectivity index (χ4v) is 7.51. The maximum absolute atomic E-state index is 12.6. The van der Waals surface area contributed by atoms with Crippen LogP contribution >= 0.6 is 0 Å². The van der Waals surface area contributed by atoms with Crippen LogP contribution in [0.15, 0.2) is 48.6 Å². The van der Waals surface area contributed by atoms with Gasteiger partial charge in [0.1, 0.15) is 6.10 Å². The first-order valence-electron chi connectivity index (χ1n) is 22.9. The summed E-state index contributed by atoms with van der Waals surface area (Å²) in [6, 6.07) is -1.26. The molecule has 0 aliphatic carbocycles. The summed E-state index contributed by atoms with van der Waals surface area (Å²) in [5.74, 6) is -1.57. The molecule has 0 aromatic rings. The second-order valence-corrected chi connectivity index (χ2v) is 17.3. The van der Waals surface area contributed by atoms with E-state index in [0.717, 1.165) is 51.4 Å². The normalized spacial score (nSPS) is 14.2. The van der Waals surface area contributed by atoms with E-state index < -0.39 is 40.0 Å². The van der Waals surface area contributed by atoms with Gasteiger partial charge in [-0.2, -0.15) is 8.42 Å². The number of unbranched alkanes of at least 4 members (excludes halogenated alkanes) is 26. The molecule has 0 radical (unpaired) electrons. The van der Waals surface area contributed by atoms with Gasteiger partial charge in [-0.15, -0.1) is 0 Å². The predicted molar refractivity (Wildman–Crippen MR) is 236 cm³/mol. The van der Waals surface area contributed by atoms with Gasteiger partial charge in [0.2, 0.25) is 5.91 Å². The van der Waals surface area contributed by atoms with Crippen molar-refractivity contribution in [1.82, 2.24) is 5.32 Å². The summed E-state index contributed by atoms with van der Waals surface area (Å²) in [5, 5.41) is 23.4. The highest BCUT2D eigenvalue weighted by molar-refractivity contribution is 7.85. The fourth-order valence-electron chi connectivity index (χ4n) is 6.78. The predicted octanol–water partition coefficient (Wildman–Crippen LogP) is 12.8. The van der Waals surface area contributed by atoms with Gasteiger partial charge in [0.25, 0.3) is 10.1 Å². The topological polar surface area (TPSA) is 124 Å². The maximum atomic E-state index is 12.6. The standard InChI is InChI=1S/C47H87NO6S/c1-3-5-7-9-11-13-15-17-19-21-22-23-24-25-26-28-30-32-34-36-38-40-42-46(50)47(51)48-44(43-55(52,53)54)45(49)41-39-37-35-33-31-29-27-20-18-16-14-12-10-8-6-4-2/h18,20,25-26,31,33,39,41,44-46,49-50H,3-17,19,21-24,27-30,32,34-38,40,42-43H2,1-2H3,(H,48,51)(H,52,53,54)/b20-18+,26-25-,33-31+,41-39+. The Kier molecular flexibility index (Phi) is 39.2. The maximum Gasteiger partial charge on any atom is 0.267 e. The number of nitrogens with one attached hydrogen (secondary N) is 1. The quantitative estimate of drug-likeness (QED) is 0.0278. The lowest BCUT2D eigenvalue weighted by atomic mass is 10.0. The number of allylic oxidation sites excluding steroid dienone is 7. The average molecular weight is 794 g/mol.